The summed E-state index contributed by atoms with van der Waals surface area (Å²) in [6, 6.07) is 5.99. The van der Waals surface area contributed by atoms with E-state index in [9.17, 15) is 9.18 Å². The van der Waals surface area contributed by atoms with Crippen molar-refractivity contribution in [1.82, 2.24) is 9.97 Å². The van der Waals surface area contributed by atoms with Crippen LogP contribution >= 0.6 is 0 Å². The topological polar surface area (TPSA) is 55.0 Å². The van der Waals surface area contributed by atoms with Gasteiger partial charge in [0.25, 0.3) is 0 Å². The van der Waals surface area contributed by atoms with E-state index in [-0.39, 0.29) is 18.1 Å². The third-order valence-corrected chi connectivity index (χ3v) is 2.67. The summed E-state index contributed by atoms with van der Waals surface area (Å²) in [6.07, 6.45) is 0.654. The highest BCUT2D eigenvalue weighted by molar-refractivity contribution is 5.94. The molecule has 100 valence electrons. The second-order valence-corrected chi connectivity index (χ2v) is 3.99. The maximum Gasteiger partial charge on any atom is 0.357 e. The van der Waals surface area contributed by atoms with E-state index in [0.29, 0.717) is 23.5 Å². The summed E-state index contributed by atoms with van der Waals surface area (Å²) in [4.78, 5) is 19.1. The number of esters is 1. The van der Waals surface area contributed by atoms with Crippen molar-refractivity contribution in [2.75, 3.05) is 6.61 Å². The molecule has 0 unspecified atom stereocenters. The average Bonchev–Trinajstić information content (AvgIpc) is 2.83. The smallest absolute Gasteiger partial charge is 0.357 e. The van der Waals surface area contributed by atoms with Crippen LogP contribution in [0.1, 0.15) is 30.2 Å². The number of carbonyl (C=O) groups is 1. The van der Waals surface area contributed by atoms with Crippen molar-refractivity contribution in [3.63, 3.8) is 0 Å². The average molecular weight is 262 g/mol. The second-order valence-electron chi connectivity index (χ2n) is 3.99. The molecule has 2 aromatic rings. The number of ether oxygens (including phenoxy) is 1. The fourth-order valence-electron chi connectivity index (χ4n) is 1.79. The van der Waals surface area contributed by atoms with Gasteiger partial charge in [-0.3, -0.25) is 0 Å². The lowest BCUT2D eigenvalue weighted by atomic mass is 10.1. The molecular formula is C14H15FN2O2. The quantitative estimate of drug-likeness (QED) is 0.862. The van der Waals surface area contributed by atoms with E-state index >= 15 is 0 Å². The predicted octanol–water partition coefficient (Wildman–Crippen LogP) is 2.95. The Morgan fingerprint density at radius 3 is 2.84 bits per heavy atom. The molecule has 2 rings (SSSR count). The highest BCUT2D eigenvalue weighted by Gasteiger charge is 2.19. The predicted molar refractivity (Wildman–Crippen MR) is 69.3 cm³/mol. The Morgan fingerprint density at radius 1 is 1.42 bits per heavy atom. The molecule has 0 atom stereocenters. The zero-order valence-electron chi connectivity index (χ0n) is 10.9. The normalized spacial score (nSPS) is 10.5. The van der Waals surface area contributed by atoms with E-state index < -0.39 is 5.97 Å². The summed E-state index contributed by atoms with van der Waals surface area (Å²) in [5.74, 6) is -0.176. The zero-order chi connectivity index (χ0) is 13.8. The summed E-state index contributed by atoms with van der Waals surface area (Å²) < 4.78 is 18.2. The minimum atomic E-state index is -0.478. The molecule has 0 amide bonds. The zero-order valence-corrected chi connectivity index (χ0v) is 10.9. The van der Waals surface area contributed by atoms with Crippen molar-refractivity contribution in [2.45, 2.75) is 20.3 Å². The first-order valence-electron chi connectivity index (χ1n) is 6.17. The highest BCUT2D eigenvalue weighted by atomic mass is 19.1. The van der Waals surface area contributed by atoms with Gasteiger partial charge in [0.1, 0.15) is 17.3 Å². The lowest BCUT2D eigenvalue weighted by molar-refractivity contribution is 0.0521. The van der Waals surface area contributed by atoms with Crippen molar-refractivity contribution in [1.29, 1.82) is 0 Å². The van der Waals surface area contributed by atoms with E-state index in [2.05, 4.69) is 9.97 Å². The van der Waals surface area contributed by atoms with Crippen molar-refractivity contribution in [3.8, 4) is 11.3 Å². The number of rotatable bonds is 4. The summed E-state index contributed by atoms with van der Waals surface area (Å²) >= 11 is 0. The van der Waals surface area contributed by atoms with Gasteiger partial charge >= 0.3 is 5.97 Å². The van der Waals surface area contributed by atoms with Gasteiger partial charge in [0.2, 0.25) is 0 Å². The van der Waals surface area contributed by atoms with Gasteiger partial charge in [-0.2, -0.15) is 0 Å². The molecule has 0 aliphatic rings. The van der Waals surface area contributed by atoms with E-state index in [4.69, 9.17) is 4.74 Å². The highest BCUT2D eigenvalue weighted by Crippen LogP contribution is 2.23. The van der Waals surface area contributed by atoms with Crippen LogP contribution in [0.3, 0.4) is 0 Å². The Balaban J connectivity index is 2.49. The van der Waals surface area contributed by atoms with Crippen LogP contribution < -0.4 is 0 Å². The molecule has 1 aromatic heterocycles. The molecule has 0 fully saturated rings. The van der Waals surface area contributed by atoms with Gasteiger partial charge in [0, 0.05) is 12.0 Å². The first-order chi connectivity index (χ1) is 9.15. The summed E-state index contributed by atoms with van der Waals surface area (Å²) in [5, 5.41) is 0. The van der Waals surface area contributed by atoms with Crippen molar-refractivity contribution in [2.24, 2.45) is 0 Å². The van der Waals surface area contributed by atoms with Gasteiger partial charge < -0.3 is 9.72 Å². The van der Waals surface area contributed by atoms with Gasteiger partial charge in [-0.25, -0.2) is 14.2 Å². The van der Waals surface area contributed by atoms with Crippen LogP contribution in [0.2, 0.25) is 0 Å². The minimum Gasteiger partial charge on any atom is -0.461 e. The van der Waals surface area contributed by atoms with Crippen LogP contribution in [-0.2, 0) is 11.2 Å². The van der Waals surface area contributed by atoms with Crippen molar-refractivity contribution in [3.05, 3.63) is 41.6 Å². The molecule has 4 nitrogen and oxygen atoms in total. The van der Waals surface area contributed by atoms with E-state index in [1.165, 1.54) is 12.1 Å². The van der Waals surface area contributed by atoms with Crippen LogP contribution in [0.5, 0.6) is 0 Å². The summed E-state index contributed by atoms with van der Waals surface area (Å²) in [7, 11) is 0. The Morgan fingerprint density at radius 2 is 2.21 bits per heavy atom. The maximum absolute atomic E-state index is 13.3. The van der Waals surface area contributed by atoms with Gasteiger partial charge in [0.05, 0.1) is 6.61 Å². The third kappa shape index (κ3) is 2.81. The van der Waals surface area contributed by atoms with Gasteiger partial charge in [0.15, 0.2) is 5.69 Å². The third-order valence-electron chi connectivity index (χ3n) is 2.67. The molecule has 5 heteroatoms. The van der Waals surface area contributed by atoms with Crippen LogP contribution in [0.4, 0.5) is 4.39 Å². The van der Waals surface area contributed by atoms with E-state index in [1.54, 1.807) is 19.1 Å². The fraction of sp³-hybridized carbons (Fsp3) is 0.286. The monoisotopic (exact) mass is 262 g/mol. The van der Waals surface area contributed by atoms with E-state index in [0.717, 1.165) is 0 Å². The fourth-order valence-corrected chi connectivity index (χ4v) is 1.79. The molecule has 1 aromatic carbocycles. The summed E-state index contributed by atoms with van der Waals surface area (Å²) in [5.41, 5.74) is 1.25. The van der Waals surface area contributed by atoms with Crippen LogP contribution in [0, 0.1) is 5.82 Å². The molecule has 1 heterocycles. The molecule has 0 aliphatic heterocycles. The SMILES string of the molecule is CCOC(=O)c1[nH]c(CC)nc1-c1cccc(F)c1. The Hall–Kier alpha value is -2.17. The number of hydrogen-bond acceptors (Lipinski definition) is 3. The van der Waals surface area contributed by atoms with Crippen LogP contribution in [0.25, 0.3) is 11.3 Å². The van der Waals surface area contributed by atoms with Gasteiger partial charge in [-0.05, 0) is 19.1 Å². The molecule has 0 aliphatic carbocycles. The first kappa shape index (κ1) is 13.3. The number of aryl methyl sites for hydroxylation is 1. The second kappa shape index (κ2) is 5.65. The number of imidazole rings is 1. The van der Waals surface area contributed by atoms with E-state index in [1.807, 2.05) is 6.92 Å². The van der Waals surface area contributed by atoms with Crippen LogP contribution in [-0.4, -0.2) is 22.5 Å². The molecule has 0 radical (unpaired) electrons. The lowest BCUT2D eigenvalue weighted by Crippen LogP contribution is -2.06. The lowest BCUT2D eigenvalue weighted by Gasteiger charge is -2.02. The Labute approximate surface area is 110 Å². The van der Waals surface area contributed by atoms with Crippen molar-refractivity contribution >= 4 is 5.97 Å². The number of aromatic nitrogens is 2. The number of halogens is 1. The first-order valence-corrected chi connectivity index (χ1v) is 6.17. The molecule has 0 spiro atoms. The number of H-pyrrole nitrogens is 1. The molecule has 0 saturated heterocycles. The Kier molecular flexibility index (Phi) is 3.94. The number of hydrogen-bond donors (Lipinski definition) is 1. The van der Waals surface area contributed by atoms with Crippen LogP contribution in [0.15, 0.2) is 24.3 Å². The molecule has 1 N–H and O–H groups in total. The number of benzene rings is 1. The van der Waals surface area contributed by atoms with Gasteiger partial charge in [-0.15, -0.1) is 0 Å². The number of nitrogens with one attached hydrogen (secondary N) is 1. The summed E-state index contributed by atoms with van der Waals surface area (Å²) in [6.45, 7) is 3.93. The number of carbonyl (C=O) groups excluding carboxylic acids is 1. The maximum atomic E-state index is 13.3. The standard InChI is InChI=1S/C14H15FN2O2/c1-3-11-16-12(9-6-5-7-10(15)8-9)13(17-11)14(18)19-4-2/h5-8H,3-4H2,1-2H3,(H,16,17). The molecule has 0 saturated carbocycles. The number of nitrogens with zero attached hydrogens (tertiary/aromatic N) is 1. The Bertz CT molecular complexity index is 593. The number of aromatic amines is 1. The molecule has 0 bridgehead atoms. The molecular weight excluding hydrogens is 247 g/mol. The molecule has 19 heavy (non-hydrogen) atoms. The minimum absolute atomic E-state index is 0.268. The van der Waals surface area contributed by atoms with Gasteiger partial charge in [-0.1, -0.05) is 19.1 Å². The largest absolute Gasteiger partial charge is 0.461 e. The van der Waals surface area contributed by atoms with Crippen molar-refractivity contribution < 1.29 is 13.9 Å².